The number of carbonyl (C=O) groups excluding carboxylic acids is 2. The highest BCUT2D eigenvalue weighted by molar-refractivity contribution is 9.11. The lowest BCUT2D eigenvalue weighted by atomic mass is 10.0. The minimum atomic E-state index is -0.664. The van der Waals surface area contributed by atoms with Crippen molar-refractivity contribution in [3.8, 4) is 11.5 Å². The predicted molar refractivity (Wildman–Crippen MR) is 154 cm³/mol. The van der Waals surface area contributed by atoms with Crippen molar-refractivity contribution in [2.24, 2.45) is 5.10 Å². The second kappa shape index (κ2) is 13.1. The smallest absolute Gasteiger partial charge is 0.343 e. The van der Waals surface area contributed by atoms with E-state index in [9.17, 15) is 19.7 Å². The van der Waals surface area contributed by atoms with Gasteiger partial charge in [-0.2, -0.15) is 5.10 Å². The van der Waals surface area contributed by atoms with Gasteiger partial charge in [0.15, 0.2) is 6.61 Å². The Morgan fingerprint density at radius 1 is 1.08 bits per heavy atom. The van der Waals surface area contributed by atoms with Gasteiger partial charge >= 0.3 is 5.97 Å². The van der Waals surface area contributed by atoms with Crippen molar-refractivity contribution in [1.82, 2.24) is 5.43 Å². The van der Waals surface area contributed by atoms with Gasteiger partial charge < -0.3 is 9.47 Å². The van der Waals surface area contributed by atoms with Gasteiger partial charge in [0.05, 0.1) is 25.6 Å². The van der Waals surface area contributed by atoms with E-state index in [0.717, 1.165) is 20.1 Å². The summed E-state index contributed by atoms with van der Waals surface area (Å²) in [6, 6.07) is 11.9. The summed E-state index contributed by atoms with van der Waals surface area (Å²) in [5, 5.41) is 14.7. The molecule has 12 heteroatoms. The number of hydrazone groups is 1. The van der Waals surface area contributed by atoms with E-state index in [1.165, 1.54) is 30.5 Å². The Labute approximate surface area is 244 Å². The molecule has 1 N–H and O–H groups in total. The molecule has 0 spiro atoms. The fraction of sp³-hybridized carbons (Fsp3) is 0.192. The molecule has 0 atom stereocenters. The number of amides is 1. The number of nitrogens with zero attached hydrogens (tertiary/aromatic N) is 2. The van der Waals surface area contributed by atoms with E-state index in [1.807, 2.05) is 26.8 Å². The molecule has 0 aliphatic carbocycles. The normalized spacial score (nSPS) is 11.0. The molecule has 0 heterocycles. The van der Waals surface area contributed by atoms with Crippen LogP contribution in [0.1, 0.15) is 46.8 Å². The first kappa shape index (κ1) is 29.5. The average Bonchev–Trinajstić information content (AvgIpc) is 2.88. The number of halogens is 3. The molecule has 0 saturated heterocycles. The molecule has 3 aromatic carbocycles. The lowest BCUT2D eigenvalue weighted by Gasteiger charge is -2.18. The third-order valence-electron chi connectivity index (χ3n) is 5.28. The molecule has 0 aliphatic heterocycles. The molecule has 38 heavy (non-hydrogen) atoms. The van der Waals surface area contributed by atoms with Crippen molar-refractivity contribution >= 4 is 71.6 Å². The first-order valence-corrected chi connectivity index (χ1v) is 13.5. The molecule has 0 unspecified atom stereocenters. The van der Waals surface area contributed by atoms with Crippen molar-refractivity contribution in [3.05, 3.63) is 94.3 Å². The van der Waals surface area contributed by atoms with Crippen LogP contribution in [0, 0.1) is 17.0 Å². The van der Waals surface area contributed by atoms with Crippen LogP contribution in [0.25, 0.3) is 0 Å². The number of rotatable bonds is 9. The van der Waals surface area contributed by atoms with Gasteiger partial charge in [-0.1, -0.05) is 29.8 Å². The van der Waals surface area contributed by atoms with E-state index >= 15 is 0 Å². The predicted octanol–water partition coefficient (Wildman–Crippen LogP) is 7.06. The standard InChI is InChI=1S/C26H22Br3N3O6/c1-14(2)19-11-20(27)15(3)24(29)25(19)37-13-23(33)31-30-12-16-4-9-22(21(28)10-16)38-26(34)17-5-7-18(8-6-17)32(35)36/h4-12,14H,13H2,1-3H3,(H,31,33)/b30-12-. The zero-order valence-corrected chi connectivity index (χ0v) is 25.2. The maximum Gasteiger partial charge on any atom is 0.343 e. The van der Waals surface area contributed by atoms with Crippen molar-refractivity contribution in [3.63, 3.8) is 0 Å². The number of esters is 1. The summed E-state index contributed by atoms with van der Waals surface area (Å²) in [4.78, 5) is 34.9. The third-order valence-corrected chi connectivity index (χ3v) is 7.67. The van der Waals surface area contributed by atoms with Crippen molar-refractivity contribution in [2.45, 2.75) is 26.7 Å². The average molecular weight is 712 g/mol. The van der Waals surface area contributed by atoms with Gasteiger partial charge in [0.1, 0.15) is 11.5 Å². The number of benzene rings is 3. The lowest BCUT2D eigenvalue weighted by molar-refractivity contribution is -0.384. The van der Waals surface area contributed by atoms with Gasteiger partial charge in [-0.15, -0.1) is 0 Å². The Balaban J connectivity index is 1.58. The van der Waals surface area contributed by atoms with Crippen LogP contribution >= 0.6 is 47.8 Å². The molecule has 0 saturated carbocycles. The maximum absolute atomic E-state index is 12.4. The molecule has 198 valence electrons. The van der Waals surface area contributed by atoms with Crippen LogP contribution in [0.4, 0.5) is 5.69 Å². The Morgan fingerprint density at radius 2 is 1.76 bits per heavy atom. The summed E-state index contributed by atoms with van der Waals surface area (Å²) in [6.07, 6.45) is 1.43. The van der Waals surface area contributed by atoms with Gasteiger partial charge in [-0.05, 0) is 97.8 Å². The largest absolute Gasteiger partial charge is 0.482 e. The minimum Gasteiger partial charge on any atom is -0.482 e. The van der Waals surface area contributed by atoms with Gasteiger partial charge in [0.2, 0.25) is 0 Å². The number of hydrogen-bond acceptors (Lipinski definition) is 7. The number of ether oxygens (including phenoxy) is 2. The Hall–Kier alpha value is -3.09. The lowest BCUT2D eigenvalue weighted by Crippen LogP contribution is -2.25. The monoisotopic (exact) mass is 709 g/mol. The highest BCUT2D eigenvalue weighted by Gasteiger charge is 2.18. The summed E-state index contributed by atoms with van der Waals surface area (Å²) in [7, 11) is 0. The molecule has 0 aromatic heterocycles. The fourth-order valence-electron chi connectivity index (χ4n) is 3.19. The number of nitrogens with one attached hydrogen (secondary N) is 1. The Kier molecular flexibility index (Phi) is 10.2. The maximum atomic E-state index is 12.4. The minimum absolute atomic E-state index is 0.124. The van der Waals surface area contributed by atoms with Crippen LogP contribution < -0.4 is 14.9 Å². The van der Waals surface area contributed by atoms with E-state index in [0.29, 0.717) is 15.8 Å². The van der Waals surface area contributed by atoms with Crippen LogP contribution in [-0.4, -0.2) is 29.6 Å². The number of nitro groups is 1. The van der Waals surface area contributed by atoms with E-state index in [2.05, 4.69) is 58.3 Å². The van der Waals surface area contributed by atoms with E-state index in [4.69, 9.17) is 9.47 Å². The second-order valence-corrected chi connectivity index (χ2v) is 10.8. The SMILES string of the molecule is Cc1c(Br)cc(C(C)C)c(OCC(=O)N/N=C\c2ccc(OC(=O)c3ccc([N+](=O)[O-])cc3)c(Br)c2)c1Br. The molecular weight excluding hydrogens is 690 g/mol. The molecule has 3 aromatic rings. The van der Waals surface area contributed by atoms with Crippen LogP contribution in [-0.2, 0) is 4.79 Å². The molecule has 1 amide bonds. The van der Waals surface area contributed by atoms with Crippen LogP contribution in [0.2, 0.25) is 0 Å². The molecule has 9 nitrogen and oxygen atoms in total. The van der Waals surface area contributed by atoms with E-state index in [-0.39, 0.29) is 29.5 Å². The quantitative estimate of drug-likeness (QED) is 0.0835. The number of non-ortho nitro benzene ring substituents is 1. The zero-order valence-electron chi connectivity index (χ0n) is 20.5. The summed E-state index contributed by atoms with van der Waals surface area (Å²) in [5.74, 6) is -0.0466. The molecule has 3 rings (SSSR count). The summed E-state index contributed by atoms with van der Waals surface area (Å²) < 4.78 is 13.4. The highest BCUT2D eigenvalue weighted by atomic mass is 79.9. The first-order valence-electron chi connectivity index (χ1n) is 11.2. The van der Waals surface area contributed by atoms with Gasteiger partial charge in [-0.25, -0.2) is 10.2 Å². The second-order valence-electron chi connectivity index (χ2n) is 8.34. The molecule has 0 radical (unpaired) electrons. The van der Waals surface area contributed by atoms with Gasteiger partial charge in [0.25, 0.3) is 11.6 Å². The summed E-state index contributed by atoms with van der Waals surface area (Å²) in [5.41, 5.74) is 5.03. The summed E-state index contributed by atoms with van der Waals surface area (Å²) >= 11 is 10.4. The topological polar surface area (TPSA) is 120 Å². The Bertz CT molecular complexity index is 1410. The summed E-state index contributed by atoms with van der Waals surface area (Å²) in [6.45, 7) is 5.80. The van der Waals surface area contributed by atoms with Crippen molar-refractivity contribution < 1.29 is 24.0 Å². The first-order chi connectivity index (χ1) is 18.0. The van der Waals surface area contributed by atoms with Crippen molar-refractivity contribution in [2.75, 3.05) is 6.61 Å². The fourth-order valence-corrected chi connectivity index (χ4v) is 4.94. The third kappa shape index (κ3) is 7.49. The van der Waals surface area contributed by atoms with Gasteiger partial charge in [0, 0.05) is 16.6 Å². The molecule has 0 fully saturated rings. The van der Waals surface area contributed by atoms with E-state index in [1.54, 1.807) is 18.2 Å². The van der Waals surface area contributed by atoms with E-state index < -0.39 is 16.8 Å². The Morgan fingerprint density at radius 3 is 2.37 bits per heavy atom. The molecule has 0 bridgehead atoms. The zero-order chi connectivity index (χ0) is 28.0. The number of carbonyl (C=O) groups is 2. The molecule has 0 aliphatic rings. The van der Waals surface area contributed by atoms with Gasteiger partial charge in [-0.3, -0.25) is 14.9 Å². The number of nitro benzene ring substituents is 1. The highest BCUT2D eigenvalue weighted by Crippen LogP contribution is 2.40. The molecular formula is C26H22Br3N3O6. The van der Waals surface area contributed by atoms with Crippen molar-refractivity contribution in [1.29, 1.82) is 0 Å². The number of hydrogen-bond donors (Lipinski definition) is 1. The van der Waals surface area contributed by atoms with Crippen LogP contribution in [0.15, 0.2) is 67.1 Å². The van der Waals surface area contributed by atoms with Crippen LogP contribution in [0.5, 0.6) is 11.5 Å². The van der Waals surface area contributed by atoms with Crippen LogP contribution in [0.3, 0.4) is 0 Å².